The van der Waals surface area contributed by atoms with Gasteiger partial charge in [-0.3, -0.25) is 14.3 Å². The number of thiazole rings is 1. The fourth-order valence-corrected chi connectivity index (χ4v) is 4.18. The van der Waals surface area contributed by atoms with Gasteiger partial charge in [0, 0.05) is 37.2 Å². The van der Waals surface area contributed by atoms with Gasteiger partial charge >= 0.3 is 0 Å². The lowest BCUT2D eigenvalue weighted by Crippen LogP contribution is -2.35. The molecule has 0 radical (unpaired) electrons. The fourth-order valence-electron chi connectivity index (χ4n) is 3.40. The van der Waals surface area contributed by atoms with Crippen LogP contribution in [0.2, 0.25) is 0 Å². The second-order valence-electron chi connectivity index (χ2n) is 6.61. The smallest absolute Gasteiger partial charge is 0.265 e. The third kappa shape index (κ3) is 3.01. The van der Waals surface area contributed by atoms with Crippen molar-refractivity contribution in [3.05, 3.63) is 42.1 Å². The summed E-state index contributed by atoms with van der Waals surface area (Å²) in [7, 11) is 0. The highest BCUT2D eigenvalue weighted by atomic mass is 32.1. The van der Waals surface area contributed by atoms with E-state index < -0.39 is 0 Å². The van der Waals surface area contributed by atoms with Crippen molar-refractivity contribution in [2.45, 2.75) is 19.3 Å². The lowest BCUT2D eigenvalue weighted by atomic mass is 10.1. The van der Waals surface area contributed by atoms with Gasteiger partial charge in [0.25, 0.3) is 5.91 Å². The van der Waals surface area contributed by atoms with Gasteiger partial charge in [-0.1, -0.05) is 11.3 Å². The summed E-state index contributed by atoms with van der Waals surface area (Å²) in [5.41, 5.74) is 2.48. The zero-order chi connectivity index (χ0) is 18.9. The second-order valence-corrected chi connectivity index (χ2v) is 7.64. The number of hydrogen-bond acceptors (Lipinski definition) is 7. The molecule has 5 heterocycles. The average Bonchev–Trinajstić information content (AvgIpc) is 3.49. The van der Waals surface area contributed by atoms with Gasteiger partial charge in [0.1, 0.15) is 4.88 Å². The van der Waals surface area contributed by atoms with Gasteiger partial charge in [0.2, 0.25) is 0 Å². The number of fused-ring (bicyclic) bond motifs is 1. The van der Waals surface area contributed by atoms with Crippen molar-refractivity contribution in [2.75, 3.05) is 18.4 Å². The third-order valence-electron chi connectivity index (χ3n) is 4.81. The van der Waals surface area contributed by atoms with E-state index in [0.717, 1.165) is 37.2 Å². The Morgan fingerprint density at radius 1 is 1.11 bits per heavy atom. The Kier molecular flexibility index (Phi) is 4.24. The highest BCUT2D eigenvalue weighted by Crippen LogP contribution is 2.27. The Bertz CT molecular complexity index is 1110. The molecular weight excluding hydrogens is 376 g/mol. The van der Waals surface area contributed by atoms with Gasteiger partial charge < -0.3 is 10.2 Å². The number of imidazole rings is 1. The molecule has 1 saturated heterocycles. The molecule has 28 heavy (non-hydrogen) atoms. The molecular formula is C18H18N8OS. The van der Waals surface area contributed by atoms with Gasteiger partial charge in [0.05, 0.1) is 24.3 Å². The first-order chi connectivity index (χ1) is 13.8. The van der Waals surface area contributed by atoms with E-state index in [1.807, 2.05) is 21.7 Å². The summed E-state index contributed by atoms with van der Waals surface area (Å²) in [6.07, 6.45) is 13.9. The number of H-pyrrole nitrogens is 1. The topological polar surface area (TPSA) is 104 Å². The maximum absolute atomic E-state index is 12.6. The second kappa shape index (κ2) is 7.04. The minimum Gasteiger partial charge on any atom is -0.338 e. The number of amides is 1. The highest BCUT2D eigenvalue weighted by Gasteiger charge is 2.21. The predicted octanol–water partition coefficient (Wildman–Crippen LogP) is 2.95. The summed E-state index contributed by atoms with van der Waals surface area (Å²) in [6, 6.07) is 0. The maximum atomic E-state index is 12.6. The number of rotatable bonds is 4. The first-order valence-electron chi connectivity index (χ1n) is 9.13. The van der Waals surface area contributed by atoms with Crippen LogP contribution in [-0.4, -0.2) is 53.4 Å². The molecule has 0 bridgehead atoms. The van der Waals surface area contributed by atoms with Crippen LogP contribution in [0.5, 0.6) is 0 Å². The molecule has 5 rings (SSSR count). The van der Waals surface area contributed by atoms with E-state index in [1.54, 1.807) is 24.8 Å². The van der Waals surface area contributed by atoms with E-state index >= 15 is 0 Å². The molecule has 1 fully saturated rings. The Labute approximate surface area is 164 Å². The van der Waals surface area contributed by atoms with E-state index in [4.69, 9.17) is 0 Å². The largest absolute Gasteiger partial charge is 0.338 e. The van der Waals surface area contributed by atoms with E-state index in [2.05, 4.69) is 30.5 Å². The van der Waals surface area contributed by atoms with Crippen LogP contribution in [0.25, 0.3) is 16.9 Å². The summed E-state index contributed by atoms with van der Waals surface area (Å²) >= 11 is 1.34. The predicted molar refractivity (Wildman–Crippen MR) is 106 cm³/mol. The number of carbonyl (C=O) groups excluding carboxylic acids is 1. The molecule has 0 spiro atoms. The fraction of sp³-hybridized carbons (Fsp3) is 0.278. The molecule has 0 aromatic carbocycles. The zero-order valence-electron chi connectivity index (χ0n) is 15.0. The van der Waals surface area contributed by atoms with Crippen LogP contribution >= 0.6 is 11.3 Å². The highest BCUT2D eigenvalue weighted by molar-refractivity contribution is 7.17. The molecule has 4 aromatic heterocycles. The summed E-state index contributed by atoms with van der Waals surface area (Å²) in [5, 5.41) is 10.6. The summed E-state index contributed by atoms with van der Waals surface area (Å²) in [5.74, 6) is 0.642. The molecule has 142 valence electrons. The van der Waals surface area contributed by atoms with Crippen molar-refractivity contribution in [3.8, 4) is 11.3 Å². The van der Waals surface area contributed by atoms with Crippen molar-refractivity contribution in [1.82, 2.24) is 34.4 Å². The van der Waals surface area contributed by atoms with Crippen LogP contribution in [0.1, 0.15) is 28.9 Å². The van der Waals surface area contributed by atoms with Gasteiger partial charge in [-0.2, -0.15) is 5.10 Å². The number of piperidine rings is 1. The zero-order valence-corrected chi connectivity index (χ0v) is 15.8. The van der Waals surface area contributed by atoms with Crippen molar-refractivity contribution in [1.29, 1.82) is 0 Å². The number of nitrogens with one attached hydrogen (secondary N) is 2. The first kappa shape index (κ1) is 16.9. The third-order valence-corrected chi connectivity index (χ3v) is 5.71. The van der Waals surface area contributed by atoms with Gasteiger partial charge in [-0.25, -0.2) is 15.0 Å². The standard InChI is InChI=1S/C18H18N8OS/c27-17(25-5-2-1-3-6-25)14-11-21-18(28-14)24-15-16-19-4-7-26(16)13(10-20-15)12-8-22-23-9-12/h4,7-11H,1-3,5-6H2,(H,22,23)(H,20,21,24). The van der Waals surface area contributed by atoms with Gasteiger partial charge in [0.15, 0.2) is 16.6 Å². The number of hydrogen-bond donors (Lipinski definition) is 2. The number of nitrogens with zero attached hydrogens (tertiary/aromatic N) is 6. The summed E-state index contributed by atoms with van der Waals surface area (Å²) < 4.78 is 1.94. The van der Waals surface area contributed by atoms with E-state index in [-0.39, 0.29) is 5.91 Å². The van der Waals surface area contributed by atoms with Gasteiger partial charge in [-0.15, -0.1) is 0 Å². The Balaban J connectivity index is 1.40. The molecule has 0 saturated carbocycles. The van der Waals surface area contributed by atoms with Crippen LogP contribution in [0.15, 0.2) is 37.2 Å². The molecule has 0 atom stereocenters. The monoisotopic (exact) mass is 394 g/mol. The van der Waals surface area contributed by atoms with Crippen LogP contribution in [-0.2, 0) is 0 Å². The van der Waals surface area contributed by atoms with E-state index in [1.165, 1.54) is 17.8 Å². The SMILES string of the molecule is O=C(c1cnc(Nc2ncc(-c3cn[nH]c3)n3ccnc23)s1)N1CCCCC1. The van der Waals surface area contributed by atoms with Crippen LogP contribution in [0, 0.1) is 0 Å². The molecule has 1 amide bonds. The normalized spacial score (nSPS) is 14.5. The van der Waals surface area contributed by atoms with Gasteiger partial charge in [-0.05, 0) is 19.3 Å². The molecule has 4 aromatic rings. The first-order valence-corrected chi connectivity index (χ1v) is 9.94. The van der Waals surface area contributed by atoms with E-state index in [9.17, 15) is 4.79 Å². The lowest BCUT2D eigenvalue weighted by Gasteiger charge is -2.25. The van der Waals surface area contributed by atoms with Crippen LogP contribution in [0.3, 0.4) is 0 Å². The van der Waals surface area contributed by atoms with Crippen LogP contribution in [0.4, 0.5) is 10.9 Å². The summed E-state index contributed by atoms with van der Waals surface area (Å²) in [6.45, 7) is 1.65. The Hall–Kier alpha value is -3.27. The van der Waals surface area contributed by atoms with Crippen molar-refractivity contribution in [3.63, 3.8) is 0 Å². The maximum Gasteiger partial charge on any atom is 0.265 e. The molecule has 10 heteroatoms. The number of aromatic nitrogens is 6. The molecule has 0 aliphatic carbocycles. The molecule has 2 N–H and O–H groups in total. The molecule has 9 nitrogen and oxygen atoms in total. The Morgan fingerprint density at radius 2 is 2.00 bits per heavy atom. The average molecular weight is 394 g/mol. The number of anilines is 2. The number of carbonyl (C=O) groups is 1. The minimum absolute atomic E-state index is 0.0551. The van der Waals surface area contributed by atoms with Crippen molar-refractivity contribution in [2.24, 2.45) is 0 Å². The van der Waals surface area contributed by atoms with Crippen molar-refractivity contribution < 1.29 is 4.79 Å². The quantitative estimate of drug-likeness (QED) is 0.551. The van der Waals surface area contributed by atoms with E-state index in [0.29, 0.717) is 21.5 Å². The molecule has 0 unspecified atom stereocenters. The van der Waals surface area contributed by atoms with Crippen LogP contribution < -0.4 is 5.32 Å². The number of likely N-dealkylation sites (tertiary alicyclic amines) is 1. The lowest BCUT2D eigenvalue weighted by molar-refractivity contribution is 0.0729. The minimum atomic E-state index is 0.0551. The van der Waals surface area contributed by atoms with Crippen molar-refractivity contribution >= 4 is 33.8 Å². The molecule has 1 aliphatic heterocycles. The molecule has 1 aliphatic rings. The number of aromatic amines is 1. The summed E-state index contributed by atoms with van der Waals surface area (Å²) in [4.78, 5) is 28.5. The Morgan fingerprint density at radius 3 is 2.82 bits per heavy atom.